The minimum absolute atomic E-state index is 0.221. The second-order valence-electron chi connectivity index (χ2n) is 3.18. The molecule has 0 saturated carbocycles. The molecule has 0 aliphatic carbocycles. The third-order valence-corrected chi connectivity index (χ3v) is 2.51. The van der Waals surface area contributed by atoms with Gasteiger partial charge in [-0.2, -0.15) is 0 Å². The van der Waals surface area contributed by atoms with Crippen LogP contribution in [0.1, 0.15) is 17.3 Å². The highest BCUT2D eigenvalue weighted by Gasteiger charge is 2.11. The molecule has 1 aromatic carbocycles. The van der Waals surface area contributed by atoms with Crippen molar-refractivity contribution in [2.45, 2.75) is 13.0 Å². The maximum atomic E-state index is 11.6. The standard InChI is InChI=1S/C11H13IO3/c1-8(7-14-2)15-11(13)9-3-5-10(12)6-4-9/h3-6,8H,7H2,1-2H3. The normalized spacial score (nSPS) is 12.2. The first kappa shape index (κ1) is 12.4. The zero-order valence-corrected chi connectivity index (χ0v) is 10.9. The zero-order valence-electron chi connectivity index (χ0n) is 8.70. The zero-order chi connectivity index (χ0) is 11.3. The van der Waals surface area contributed by atoms with E-state index in [4.69, 9.17) is 9.47 Å². The fraction of sp³-hybridized carbons (Fsp3) is 0.364. The highest BCUT2D eigenvalue weighted by Crippen LogP contribution is 2.09. The second kappa shape index (κ2) is 6.07. The first-order chi connectivity index (χ1) is 7.13. The molecule has 0 aliphatic heterocycles. The van der Waals surface area contributed by atoms with Gasteiger partial charge in [0.25, 0.3) is 0 Å². The van der Waals surface area contributed by atoms with Gasteiger partial charge in [0, 0.05) is 10.7 Å². The number of methoxy groups -OCH3 is 1. The van der Waals surface area contributed by atoms with E-state index in [0.29, 0.717) is 12.2 Å². The summed E-state index contributed by atoms with van der Waals surface area (Å²) in [5.41, 5.74) is 0.568. The van der Waals surface area contributed by atoms with Crippen LogP contribution < -0.4 is 0 Å². The van der Waals surface area contributed by atoms with Crippen molar-refractivity contribution in [3.8, 4) is 0 Å². The number of hydrogen-bond acceptors (Lipinski definition) is 3. The van der Waals surface area contributed by atoms with Crippen LogP contribution in [0.4, 0.5) is 0 Å². The summed E-state index contributed by atoms with van der Waals surface area (Å²) >= 11 is 2.19. The maximum absolute atomic E-state index is 11.6. The molecule has 0 bridgehead atoms. The van der Waals surface area contributed by atoms with Crippen molar-refractivity contribution in [3.63, 3.8) is 0 Å². The van der Waals surface area contributed by atoms with Crippen molar-refractivity contribution in [2.75, 3.05) is 13.7 Å². The molecule has 3 nitrogen and oxygen atoms in total. The van der Waals surface area contributed by atoms with Crippen molar-refractivity contribution >= 4 is 28.6 Å². The van der Waals surface area contributed by atoms with E-state index in [1.165, 1.54) is 0 Å². The van der Waals surface area contributed by atoms with Gasteiger partial charge in [-0.3, -0.25) is 0 Å². The number of carbonyl (C=O) groups excluding carboxylic acids is 1. The van der Waals surface area contributed by atoms with Gasteiger partial charge in [0.15, 0.2) is 0 Å². The molecule has 4 heteroatoms. The molecule has 1 unspecified atom stereocenters. The van der Waals surface area contributed by atoms with Gasteiger partial charge in [-0.15, -0.1) is 0 Å². The number of rotatable bonds is 4. The molecule has 82 valence electrons. The Kier molecular flexibility index (Phi) is 5.04. The van der Waals surface area contributed by atoms with E-state index in [1.54, 1.807) is 26.2 Å². The molecular formula is C11H13IO3. The lowest BCUT2D eigenvalue weighted by Gasteiger charge is -2.11. The smallest absolute Gasteiger partial charge is 0.338 e. The molecule has 1 atom stereocenters. The van der Waals surface area contributed by atoms with E-state index >= 15 is 0 Å². The lowest BCUT2D eigenvalue weighted by atomic mass is 10.2. The van der Waals surface area contributed by atoms with Crippen LogP contribution in [0.3, 0.4) is 0 Å². The van der Waals surface area contributed by atoms with Gasteiger partial charge in [-0.05, 0) is 53.8 Å². The third kappa shape index (κ3) is 4.17. The quantitative estimate of drug-likeness (QED) is 0.632. The van der Waals surface area contributed by atoms with Gasteiger partial charge >= 0.3 is 5.97 Å². The predicted molar refractivity (Wildman–Crippen MR) is 65.9 cm³/mol. The average Bonchev–Trinajstić information content (AvgIpc) is 2.18. The molecular weight excluding hydrogens is 307 g/mol. The SMILES string of the molecule is COCC(C)OC(=O)c1ccc(I)cc1. The Morgan fingerprint density at radius 2 is 2.00 bits per heavy atom. The molecule has 0 saturated heterocycles. The van der Waals surface area contributed by atoms with E-state index in [1.807, 2.05) is 12.1 Å². The van der Waals surface area contributed by atoms with E-state index < -0.39 is 0 Å². The summed E-state index contributed by atoms with van der Waals surface area (Å²) in [6.45, 7) is 2.21. The van der Waals surface area contributed by atoms with Gasteiger partial charge < -0.3 is 9.47 Å². The number of ether oxygens (including phenoxy) is 2. The predicted octanol–water partition coefficient (Wildman–Crippen LogP) is 2.48. The van der Waals surface area contributed by atoms with Crippen molar-refractivity contribution in [1.29, 1.82) is 0 Å². The van der Waals surface area contributed by atoms with Gasteiger partial charge in [-0.25, -0.2) is 4.79 Å². The third-order valence-electron chi connectivity index (χ3n) is 1.79. The van der Waals surface area contributed by atoms with E-state index in [-0.39, 0.29) is 12.1 Å². The molecule has 0 heterocycles. The second-order valence-corrected chi connectivity index (χ2v) is 4.42. The minimum Gasteiger partial charge on any atom is -0.457 e. The van der Waals surface area contributed by atoms with Crippen molar-refractivity contribution in [2.24, 2.45) is 0 Å². The number of halogens is 1. The molecule has 0 amide bonds. The lowest BCUT2D eigenvalue weighted by Crippen LogP contribution is -2.19. The highest BCUT2D eigenvalue weighted by molar-refractivity contribution is 14.1. The van der Waals surface area contributed by atoms with Crippen LogP contribution in [0.5, 0.6) is 0 Å². The summed E-state index contributed by atoms with van der Waals surface area (Å²) < 4.78 is 11.1. The summed E-state index contributed by atoms with van der Waals surface area (Å²) in [5.74, 6) is -0.309. The van der Waals surface area contributed by atoms with Gasteiger partial charge in [-0.1, -0.05) is 0 Å². The average molecular weight is 320 g/mol. The minimum atomic E-state index is -0.309. The van der Waals surface area contributed by atoms with Crippen molar-refractivity contribution in [1.82, 2.24) is 0 Å². The van der Waals surface area contributed by atoms with Crippen LogP contribution in [0, 0.1) is 3.57 Å². The molecule has 1 rings (SSSR count). The molecule has 0 radical (unpaired) electrons. The summed E-state index contributed by atoms with van der Waals surface area (Å²) in [4.78, 5) is 11.6. The Morgan fingerprint density at radius 1 is 1.40 bits per heavy atom. The Labute approximate surface area is 103 Å². The van der Waals surface area contributed by atoms with Gasteiger partial charge in [0.2, 0.25) is 0 Å². The lowest BCUT2D eigenvalue weighted by molar-refractivity contribution is 0.0120. The largest absolute Gasteiger partial charge is 0.457 e. The van der Waals surface area contributed by atoms with Crippen LogP contribution in [-0.2, 0) is 9.47 Å². The fourth-order valence-electron chi connectivity index (χ4n) is 1.11. The first-order valence-electron chi connectivity index (χ1n) is 4.59. The monoisotopic (exact) mass is 320 g/mol. The number of hydrogen-bond donors (Lipinski definition) is 0. The first-order valence-corrected chi connectivity index (χ1v) is 5.67. The maximum Gasteiger partial charge on any atom is 0.338 e. The Morgan fingerprint density at radius 3 is 2.53 bits per heavy atom. The fourth-order valence-corrected chi connectivity index (χ4v) is 1.47. The van der Waals surface area contributed by atoms with Crippen molar-refractivity contribution in [3.05, 3.63) is 33.4 Å². The molecule has 0 aromatic heterocycles. The van der Waals surface area contributed by atoms with E-state index in [0.717, 1.165) is 3.57 Å². The molecule has 0 fully saturated rings. The van der Waals surface area contributed by atoms with Gasteiger partial charge in [0.1, 0.15) is 6.10 Å². The molecule has 15 heavy (non-hydrogen) atoms. The summed E-state index contributed by atoms with van der Waals surface area (Å²) in [6.07, 6.45) is -0.221. The van der Waals surface area contributed by atoms with Crippen LogP contribution >= 0.6 is 22.6 Å². The molecule has 0 spiro atoms. The van der Waals surface area contributed by atoms with E-state index in [2.05, 4.69) is 22.6 Å². The summed E-state index contributed by atoms with van der Waals surface area (Å²) in [5, 5.41) is 0. The highest BCUT2D eigenvalue weighted by atomic mass is 127. The molecule has 0 N–H and O–H groups in total. The Balaban J connectivity index is 2.57. The van der Waals surface area contributed by atoms with Crippen LogP contribution in [-0.4, -0.2) is 25.8 Å². The number of carbonyl (C=O) groups is 1. The van der Waals surface area contributed by atoms with E-state index in [9.17, 15) is 4.79 Å². The van der Waals surface area contributed by atoms with Crippen LogP contribution in [0.2, 0.25) is 0 Å². The number of esters is 1. The molecule has 1 aromatic rings. The molecule has 0 aliphatic rings. The van der Waals surface area contributed by atoms with Crippen molar-refractivity contribution < 1.29 is 14.3 Å². The Bertz CT molecular complexity index is 321. The van der Waals surface area contributed by atoms with Crippen LogP contribution in [0.25, 0.3) is 0 Å². The topological polar surface area (TPSA) is 35.5 Å². The van der Waals surface area contributed by atoms with Gasteiger partial charge in [0.05, 0.1) is 12.2 Å². The summed E-state index contributed by atoms with van der Waals surface area (Å²) in [7, 11) is 1.58. The summed E-state index contributed by atoms with van der Waals surface area (Å²) in [6, 6.07) is 7.25. The number of benzene rings is 1. The Hall–Kier alpha value is -0.620. The van der Waals surface area contributed by atoms with Crippen LogP contribution in [0.15, 0.2) is 24.3 Å².